The Hall–Kier alpha value is 0.880. The van der Waals surface area contributed by atoms with Crippen molar-refractivity contribution in [1.29, 1.82) is 0 Å². The Morgan fingerprint density at radius 1 is 1.25 bits per heavy atom. The number of benzene rings is 1. The van der Waals surface area contributed by atoms with Gasteiger partial charge < -0.3 is 0 Å². The third kappa shape index (κ3) is 3.32. The van der Waals surface area contributed by atoms with Crippen molar-refractivity contribution in [2.45, 2.75) is 0 Å². The number of rotatable bonds is 0. The number of aromatic nitrogens is 2. The first-order valence-electron chi connectivity index (χ1n) is 3.19. The number of hydrogen-bond acceptors (Lipinski definition) is 0. The topological polar surface area (TPSA) is 29.9 Å². The van der Waals surface area contributed by atoms with Crippen LogP contribution in [-0.4, -0.2) is 4.98 Å². The van der Waals surface area contributed by atoms with Crippen LogP contribution in [0.1, 0.15) is 0 Å². The molecule has 1 aromatic carbocycles. The second kappa shape index (κ2) is 6.35. The van der Waals surface area contributed by atoms with Gasteiger partial charge in [0.05, 0.1) is 0 Å². The number of H-pyrrole nitrogens is 2. The van der Waals surface area contributed by atoms with Gasteiger partial charge in [0.1, 0.15) is 0 Å². The maximum Gasteiger partial charge on any atom is 0.240 e. The molecule has 0 saturated heterocycles. The summed E-state index contributed by atoms with van der Waals surface area (Å²) in [5, 5.41) is 0. The van der Waals surface area contributed by atoms with E-state index in [4.69, 9.17) is 0 Å². The van der Waals surface area contributed by atoms with Crippen molar-refractivity contribution in [1.82, 2.24) is 4.98 Å². The molecule has 66 valence electrons. The van der Waals surface area contributed by atoms with Crippen molar-refractivity contribution in [3.05, 3.63) is 30.6 Å². The quantitative estimate of drug-likeness (QED) is 0.485. The average Bonchev–Trinajstić information content (AvgIpc) is 2.52. The third-order valence-electron chi connectivity index (χ3n) is 1.38. The number of aromatic amines is 2. The van der Waals surface area contributed by atoms with Crippen molar-refractivity contribution < 1.29 is 18.2 Å². The monoisotopic (exact) mass is 500 g/mol. The molecule has 0 bridgehead atoms. The zero-order valence-electron chi connectivity index (χ0n) is 6.02. The Balaban J connectivity index is 0.000000213. The SMILES string of the molecule is I[I-]I.c1ccc2[nH+]c[nH]c2c1. The van der Waals surface area contributed by atoms with Crippen molar-refractivity contribution in [3.63, 3.8) is 0 Å². The zero-order chi connectivity index (χ0) is 8.81. The van der Waals surface area contributed by atoms with Gasteiger partial charge in [0, 0.05) is 0 Å². The van der Waals surface area contributed by atoms with Gasteiger partial charge >= 0.3 is 50.5 Å². The normalized spacial score (nSPS) is 9.50. The largest absolute Gasteiger partial charge is 0.244 e. The van der Waals surface area contributed by atoms with Gasteiger partial charge in [-0.05, 0) is 12.1 Å². The van der Waals surface area contributed by atoms with E-state index in [0.717, 1.165) is 11.0 Å². The Labute approximate surface area is 101 Å². The fourth-order valence-electron chi connectivity index (χ4n) is 0.926. The number of fused-ring (bicyclic) bond motifs is 1. The van der Waals surface area contributed by atoms with Crippen LogP contribution in [0.2, 0.25) is 0 Å². The van der Waals surface area contributed by atoms with Crippen LogP contribution in [0.3, 0.4) is 0 Å². The van der Waals surface area contributed by atoms with Gasteiger partial charge in [-0.2, -0.15) is 0 Å². The van der Waals surface area contributed by atoms with Crippen molar-refractivity contribution in [2.75, 3.05) is 0 Å². The average molecular weight is 500 g/mol. The Bertz CT molecular complexity index is 304. The fourth-order valence-corrected chi connectivity index (χ4v) is 0.926. The second-order valence-corrected chi connectivity index (χ2v) is 18.3. The maximum atomic E-state index is 3.06. The molecule has 0 unspecified atom stereocenters. The summed E-state index contributed by atoms with van der Waals surface area (Å²) in [6.45, 7) is 0. The van der Waals surface area contributed by atoms with Crippen LogP contribution in [-0.2, 0) is 0 Å². The molecule has 0 saturated carbocycles. The predicted octanol–water partition coefficient (Wildman–Crippen LogP) is -0.243. The van der Waals surface area contributed by atoms with Crippen molar-refractivity contribution in [3.8, 4) is 0 Å². The molecule has 0 fully saturated rings. The number of imidazole rings is 1. The molecule has 1 heterocycles. The minimum Gasteiger partial charge on any atom is -0.244 e. The molecule has 0 amide bonds. The third-order valence-corrected chi connectivity index (χ3v) is 1.38. The van der Waals surface area contributed by atoms with Gasteiger partial charge in [-0.15, -0.1) is 0 Å². The molecule has 12 heavy (non-hydrogen) atoms. The van der Waals surface area contributed by atoms with Crippen LogP contribution in [0.4, 0.5) is 0 Å². The minimum absolute atomic E-state index is 0.530. The van der Waals surface area contributed by atoms with Gasteiger partial charge in [-0.25, -0.2) is 9.97 Å². The van der Waals surface area contributed by atoms with E-state index in [-0.39, 0.29) is 0 Å². The van der Waals surface area contributed by atoms with Crippen LogP contribution in [0.5, 0.6) is 0 Å². The number of para-hydroxylation sites is 2. The van der Waals surface area contributed by atoms with E-state index < -0.39 is 0 Å². The number of halogens is 3. The standard InChI is InChI=1S/C7H6N2.I3/c1-2-4-7-6(3-1)8-5-9-7;1-3-2/h1-5H,(H,8,9);/q;-1/p+1. The zero-order valence-corrected chi connectivity index (χ0v) is 12.5. The summed E-state index contributed by atoms with van der Waals surface area (Å²) in [4.78, 5) is 6.13. The van der Waals surface area contributed by atoms with Gasteiger partial charge in [-0.1, -0.05) is 12.1 Å². The molecule has 0 atom stereocenters. The van der Waals surface area contributed by atoms with Crippen molar-refractivity contribution >= 4 is 48.3 Å². The molecular weight excluding hydrogens is 493 g/mol. The fraction of sp³-hybridized carbons (Fsp3) is 0. The van der Waals surface area contributed by atoms with Crippen LogP contribution >= 0.6 is 37.2 Å². The minimum atomic E-state index is 0.530. The van der Waals surface area contributed by atoms with Crippen LogP contribution in [0, 0.1) is 0 Å². The molecule has 0 aliphatic rings. The Morgan fingerprint density at radius 2 is 1.92 bits per heavy atom. The second-order valence-electron chi connectivity index (χ2n) is 2.03. The van der Waals surface area contributed by atoms with E-state index in [2.05, 4.69) is 47.2 Å². The summed E-state index contributed by atoms with van der Waals surface area (Å²) in [6.07, 6.45) is 1.82. The summed E-state index contributed by atoms with van der Waals surface area (Å²) < 4.78 is 0. The molecule has 5 heteroatoms. The van der Waals surface area contributed by atoms with Gasteiger partial charge in [0.2, 0.25) is 6.33 Å². The maximum absolute atomic E-state index is 3.06. The first-order valence-corrected chi connectivity index (χ1v) is 15.8. The van der Waals surface area contributed by atoms with Crippen LogP contribution in [0.15, 0.2) is 30.6 Å². The summed E-state index contributed by atoms with van der Waals surface area (Å²) in [5.74, 6) is 0. The molecular formula is C7H7I3N2. The first kappa shape index (κ1) is 11.0. The molecule has 0 aliphatic carbocycles. The van der Waals surface area contributed by atoms with Gasteiger partial charge in [-0.3, -0.25) is 0 Å². The Morgan fingerprint density at radius 3 is 2.58 bits per heavy atom. The molecule has 2 nitrogen and oxygen atoms in total. The van der Waals surface area contributed by atoms with Crippen LogP contribution < -0.4 is 18.2 Å². The van der Waals surface area contributed by atoms with E-state index in [1.807, 2.05) is 30.6 Å². The van der Waals surface area contributed by atoms with E-state index in [1.165, 1.54) is 0 Å². The van der Waals surface area contributed by atoms with Crippen LogP contribution in [0.25, 0.3) is 11.0 Å². The van der Waals surface area contributed by atoms with Gasteiger partial charge in [0.25, 0.3) is 0 Å². The van der Waals surface area contributed by atoms with E-state index in [9.17, 15) is 0 Å². The number of nitrogens with one attached hydrogen (secondary N) is 2. The smallest absolute Gasteiger partial charge is 0.240 e. The van der Waals surface area contributed by atoms with E-state index in [1.54, 1.807) is 0 Å². The molecule has 2 N–H and O–H groups in total. The molecule has 0 spiro atoms. The summed E-state index contributed by atoms with van der Waals surface area (Å²) >= 11 is 5.30. The molecule has 2 rings (SSSR count). The summed E-state index contributed by atoms with van der Waals surface area (Å²) in [7, 11) is 0. The molecule has 2 aromatic rings. The van der Waals surface area contributed by atoms with Gasteiger partial charge in [0.15, 0.2) is 11.0 Å². The van der Waals surface area contributed by atoms with E-state index in [0.29, 0.717) is 13.3 Å². The molecule has 0 aliphatic heterocycles. The molecule has 0 radical (unpaired) electrons. The first-order chi connectivity index (χ1) is 5.88. The molecule has 1 aromatic heterocycles. The van der Waals surface area contributed by atoms with E-state index >= 15 is 0 Å². The summed E-state index contributed by atoms with van der Waals surface area (Å²) in [5.41, 5.74) is 2.30. The Kier molecular flexibility index (Phi) is 5.80. The van der Waals surface area contributed by atoms with Crippen molar-refractivity contribution in [2.24, 2.45) is 0 Å². The predicted molar refractivity (Wildman–Crippen MR) is 62.9 cm³/mol. The number of hydrogen-bond donors (Lipinski definition) is 1. The summed E-state index contributed by atoms with van der Waals surface area (Å²) in [6, 6.07) is 8.08.